The van der Waals surface area contributed by atoms with Crippen LogP contribution in [0.15, 0.2) is 60.0 Å². The minimum absolute atomic E-state index is 0.0558. The summed E-state index contributed by atoms with van der Waals surface area (Å²) in [6, 6.07) is 18.1. The van der Waals surface area contributed by atoms with Gasteiger partial charge in [0.05, 0.1) is 16.8 Å². The van der Waals surface area contributed by atoms with Crippen LogP contribution in [0.2, 0.25) is 0 Å². The molecule has 0 saturated carbocycles. The highest BCUT2D eigenvalue weighted by Crippen LogP contribution is 2.45. The summed E-state index contributed by atoms with van der Waals surface area (Å²) in [7, 11) is 0. The van der Waals surface area contributed by atoms with Crippen molar-refractivity contribution in [1.82, 2.24) is 10.3 Å². The van der Waals surface area contributed by atoms with Gasteiger partial charge in [-0.3, -0.25) is 4.79 Å². The molecule has 1 fully saturated rings. The first-order valence-electron chi connectivity index (χ1n) is 8.41. The number of amides is 1. The molecule has 1 aliphatic heterocycles. The van der Waals surface area contributed by atoms with Gasteiger partial charge in [0, 0.05) is 28.0 Å². The molecule has 1 N–H and O–H groups in total. The maximum Gasteiger partial charge on any atom is 0.251 e. The van der Waals surface area contributed by atoms with E-state index in [2.05, 4.69) is 22.4 Å². The summed E-state index contributed by atoms with van der Waals surface area (Å²) < 4.78 is 0.513. The zero-order valence-electron chi connectivity index (χ0n) is 14.1. The molecule has 132 valence electrons. The molecule has 6 heteroatoms. The fourth-order valence-corrected chi connectivity index (χ4v) is 6.34. The van der Waals surface area contributed by atoms with Crippen molar-refractivity contribution in [3.63, 3.8) is 0 Å². The predicted octanol–water partition coefficient (Wildman–Crippen LogP) is 5.22. The summed E-state index contributed by atoms with van der Waals surface area (Å²) in [5.41, 5.74) is 4.04. The van der Waals surface area contributed by atoms with E-state index < -0.39 is 0 Å². The van der Waals surface area contributed by atoms with Crippen LogP contribution in [0, 0.1) is 0 Å². The molecule has 0 atom stereocenters. The van der Waals surface area contributed by atoms with Crippen molar-refractivity contribution in [2.24, 2.45) is 0 Å². The molecule has 2 heterocycles. The Kier molecular flexibility index (Phi) is 5.62. The molecule has 1 saturated heterocycles. The molecule has 0 unspecified atom stereocenters. The largest absolute Gasteiger partial charge is 0.346 e. The number of aromatic nitrogens is 1. The van der Waals surface area contributed by atoms with Crippen molar-refractivity contribution < 1.29 is 4.79 Å². The first kappa shape index (κ1) is 17.6. The average Bonchev–Trinajstić information content (AvgIpc) is 3.39. The van der Waals surface area contributed by atoms with Gasteiger partial charge in [0.1, 0.15) is 5.01 Å². The lowest BCUT2D eigenvalue weighted by Crippen LogP contribution is -2.22. The van der Waals surface area contributed by atoms with Crippen LogP contribution in [-0.4, -0.2) is 22.4 Å². The number of nitrogens with zero attached hydrogens (tertiary/aromatic N) is 1. The standard InChI is InChI=1S/C20H18N2OS3/c23-19(15-6-8-16(9-7-15)20-24-10-11-25-20)21-12-18-22-17(13-26-18)14-4-2-1-3-5-14/h1-9,13,20H,10-12H2,(H,21,23). The molecular weight excluding hydrogens is 380 g/mol. The maximum absolute atomic E-state index is 12.4. The van der Waals surface area contributed by atoms with Crippen LogP contribution in [-0.2, 0) is 6.54 Å². The molecular formula is C20H18N2OS3. The predicted molar refractivity (Wildman–Crippen MR) is 113 cm³/mol. The molecule has 0 spiro atoms. The van der Waals surface area contributed by atoms with Crippen molar-refractivity contribution >= 4 is 40.8 Å². The minimum atomic E-state index is -0.0558. The van der Waals surface area contributed by atoms with Gasteiger partial charge in [-0.15, -0.1) is 34.9 Å². The summed E-state index contributed by atoms with van der Waals surface area (Å²) in [6.07, 6.45) is 0. The lowest BCUT2D eigenvalue weighted by molar-refractivity contribution is 0.0951. The highest BCUT2D eigenvalue weighted by atomic mass is 32.2. The zero-order valence-corrected chi connectivity index (χ0v) is 16.5. The van der Waals surface area contributed by atoms with E-state index in [1.807, 2.05) is 71.4 Å². The average molecular weight is 399 g/mol. The van der Waals surface area contributed by atoms with Crippen LogP contribution in [0.5, 0.6) is 0 Å². The summed E-state index contributed by atoms with van der Waals surface area (Å²) in [5.74, 6) is 2.35. The highest BCUT2D eigenvalue weighted by Gasteiger charge is 2.18. The molecule has 1 aromatic heterocycles. The zero-order chi connectivity index (χ0) is 17.8. The lowest BCUT2D eigenvalue weighted by atomic mass is 10.1. The second kappa shape index (κ2) is 8.29. The van der Waals surface area contributed by atoms with E-state index in [4.69, 9.17) is 0 Å². The van der Waals surface area contributed by atoms with Crippen molar-refractivity contribution in [3.05, 3.63) is 76.1 Å². The summed E-state index contributed by atoms with van der Waals surface area (Å²) in [4.78, 5) is 17.0. The smallest absolute Gasteiger partial charge is 0.251 e. The van der Waals surface area contributed by atoms with E-state index in [1.54, 1.807) is 11.3 Å². The molecule has 26 heavy (non-hydrogen) atoms. The Morgan fingerprint density at radius 2 is 1.77 bits per heavy atom. The monoisotopic (exact) mass is 398 g/mol. The molecule has 0 bridgehead atoms. The van der Waals surface area contributed by atoms with Gasteiger partial charge in [-0.25, -0.2) is 4.98 Å². The number of rotatable bonds is 5. The normalized spacial score (nSPS) is 14.5. The van der Waals surface area contributed by atoms with Gasteiger partial charge in [-0.1, -0.05) is 42.5 Å². The van der Waals surface area contributed by atoms with Crippen LogP contribution in [0.1, 0.15) is 25.5 Å². The number of benzene rings is 2. The van der Waals surface area contributed by atoms with E-state index in [1.165, 1.54) is 17.1 Å². The van der Waals surface area contributed by atoms with Crippen LogP contribution in [0.4, 0.5) is 0 Å². The fourth-order valence-electron chi connectivity index (χ4n) is 2.73. The molecule has 1 aliphatic rings. The summed E-state index contributed by atoms with van der Waals surface area (Å²) >= 11 is 5.52. The Balaban J connectivity index is 1.36. The molecule has 3 nitrogen and oxygen atoms in total. The number of nitrogens with one attached hydrogen (secondary N) is 1. The molecule has 3 aromatic rings. The van der Waals surface area contributed by atoms with Gasteiger partial charge in [-0.2, -0.15) is 0 Å². The summed E-state index contributed by atoms with van der Waals surface area (Å²) in [5, 5.41) is 5.91. The van der Waals surface area contributed by atoms with Gasteiger partial charge >= 0.3 is 0 Å². The second-order valence-corrected chi connectivity index (χ2v) is 9.54. The third kappa shape index (κ3) is 4.14. The van der Waals surface area contributed by atoms with E-state index in [0.29, 0.717) is 16.7 Å². The molecule has 1 amide bonds. The third-order valence-electron chi connectivity index (χ3n) is 4.09. The van der Waals surface area contributed by atoms with Crippen LogP contribution < -0.4 is 5.32 Å². The molecule has 2 aromatic carbocycles. The number of thioether (sulfide) groups is 2. The van der Waals surface area contributed by atoms with Crippen LogP contribution in [0.25, 0.3) is 11.3 Å². The van der Waals surface area contributed by atoms with E-state index in [0.717, 1.165) is 16.3 Å². The topological polar surface area (TPSA) is 42.0 Å². The van der Waals surface area contributed by atoms with Gasteiger partial charge < -0.3 is 5.32 Å². The lowest BCUT2D eigenvalue weighted by Gasteiger charge is -2.09. The molecule has 0 aliphatic carbocycles. The Labute approximate surface area is 165 Å². The van der Waals surface area contributed by atoms with Crippen molar-refractivity contribution in [2.75, 3.05) is 11.5 Å². The first-order valence-corrected chi connectivity index (χ1v) is 11.4. The molecule has 4 rings (SSSR count). The van der Waals surface area contributed by atoms with E-state index in [9.17, 15) is 4.79 Å². The van der Waals surface area contributed by atoms with Gasteiger partial charge in [0.25, 0.3) is 5.91 Å². The van der Waals surface area contributed by atoms with Crippen LogP contribution in [0.3, 0.4) is 0 Å². The number of carbonyl (C=O) groups is 1. The van der Waals surface area contributed by atoms with Gasteiger partial charge in [-0.05, 0) is 17.7 Å². The van der Waals surface area contributed by atoms with Crippen molar-refractivity contribution in [2.45, 2.75) is 11.1 Å². The van der Waals surface area contributed by atoms with Crippen molar-refractivity contribution in [3.8, 4) is 11.3 Å². The van der Waals surface area contributed by atoms with Crippen molar-refractivity contribution in [1.29, 1.82) is 0 Å². The minimum Gasteiger partial charge on any atom is -0.346 e. The quantitative estimate of drug-likeness (QED) is 0.640. The number of thiazole rings is 1. The Morgan fingerprint density at radius 1 is 1.04 bits per heavy atom. The summed E-state index contributed by atoms with van der Waals surface area (Å²) in [6.45, 7) is 0.451. The Morgan fingerprint density at radius 3 is 2.50 bits per heavy atom. The third-order valence-corrected chi connectivity index (χ3v) is 8.04. The molecule has 0 radical (unpaired) electrons. The highest BCUT2D eigenvalue weighted by molar-refractivity contribution is 8.19. The van der Waals surface area contributed by atoms with E-state index in [-0.39, 0.29) is 5.91 Å². The van der Waals surface area contributed by atoms with Crippen LogP contribution >= 0.6 is 34.9 Å². The Hall–Kier alpha value is -1.76. The van der Waals surface area contributed by atoms with Gasteiger partial charge in [0.2, 0.25) is 0 Å². The number of hydrogen-bond donors (Lipinski definition) is 1. The van der Waals surface area contributed by atoms with E-state index >= 15 is 0 Å². The maximum atomic E-state index is 12.4. The second-order valence-electron chi connectivity index (χ2n) is 5.87. The number of hydrogen-bond acceptors (Lipinski definition) is 5. The number of carbonyl (C=O) groups excluding carboxylic acids is 1. The Bertz CT molecular complexity index is 872. The fraction of sp³-hybridized carbons (Fsp3) is 0.200. The first-order chi connectivity index (χ1) is 12.8. The SMILES string of the molecule is O=C(NCc1nc(-c2ccccc2)cs1)c1ccc(C2SCCS2)cc1. The van der Waals surface area contributed by atoms with Gasteiger partial charge in [0.15, 0.2) is 0 Å².